The third-order valence-electron chi connectivity index (χ3n) is 4.46. The molecule has 0 unspecified atom stereocenters. The van der Waals surface area contributed by atoms with Crippen molar-refractivity contribution in [1.82, 2.24) is 0 Å². The van der Waals surface area contributed by atoms with Gasteiger partial charge in [-0.3, -0.25) is 4.79 Å². The van der Waals surface area contributed by atoms with Crippen LogP contribution in [0.5, 0.6) is 11.5 Å². The van der Waals surface area contributed by atoms with Crippen molar-refractivity contribution >= 4 is 17.3 Å². The van der Waals surface area contributed by atoms with Crippen molar-refractivity contribution in [1.29, 1.82) is 0 Å². The summed E-state index contributed by atoms with van der Waals surface area (Å²) in [5.74, 6) is 1.49. The Morgan fingerprint density at radius 1 is 0.759 bits per heavy atom. The molecular formula is C24H26N2O3. The summed E-state index contributed by atoms with van der Waals surface area (Å²) in [6.07, 6.45) is 0. The van der Waals surface area contributed by atoms with Crippen LogP contribution in [0.4, 0.5) is 11.4 Å². The minimum absolute atomic E-state index is 0.0911. The van der Waals surface area contributed by atoms with E-state index in [9.17, 15) is 4.79 Å². The highest BCUT2D eigenvalue weighted by Gasteiger charge is 2.04. The predicted octanol–water partition coefficient (Wildman–Crippen LogP) is 4.81. The monoisotopic (exact) mass is 390 g/mol. The van der Waals surface area contributed by atoms with E-state index >= 15 is 0 Å². The molecule has 0 heterocycles. The first kappa shape index (κ1) is 20.3. The summed E-state index contributed by atoms with van der Waals surface area (Å²) in [5.41, 5.74) is 4.02. The standard InChI is InChI=1S/C24H26N2O3/c1-18-8-9-21(16-19(18)2)26-24(27)17-25-20-10-12-23(13-11-20)29-15-14-28-22-6-4-3-5-7-22/h3-13,16,25H,14-15,17H2,1-2H3,(H,26,27). The SMILES string of the molecule is Cc1ccc(NC(=O)CNc2ccc(OCCOc3ccccc3)cc2)cc1C. The van der Waals surface area contributed by atoms with E-state index in [1.165, 1.54) is 5.56 Å². The summed E-state index contributed by atoms with van der Waals surface area (Å²) in [5, 5.41) is 6.01. The summed E-state index contributed by atoms with van der Waals surface area (Å²) in [4.78, 5) is 12.1. The van der Waals surface area contributed by atoms with E-state index in [1.54, 1.807) is 0 Å². The highest BCUT2D eigenvalue weighted by molar-refractivity contribution is 5.93. The molecule has 0 aromatic heterocycles. The Bertz CT molecular complexity index is 925. The maximum absolute atomic E-state index is 12.1. The largest absolute Gasteiger partial charge is 0.490 e. The van der Waals surface area contributed by atoms with Gasteiger partial charge in [-0.2, -0.15) is 0 Å². The van der Waals surface area contributed by atoms with Crippen LogP contribution < -0.4 is 20.1 Å². The highest BCUT2D eigenvalue weighted by Crippen LogP contribution is 2.17. The Balaban J connectivity index is 1.38. The van der Waals surface area contributed by atoms with Gasteiger partial charge in [-0.15, -0.1) is 0 Å². The third kappa shape index (κ3) is 6.57. The van der Waals surface area contributed by atoms with E-state index in [0.717, 1.165) is 28.4 Å². The lowest BCUT2D eigenvalue weighted by atomic mass is 10.1. The molecule has 29 heavy (non-hydrogen) atoms. The molecule has 0 aliphatic carbocycles. The number of benzene rings is 3. The summed E-state index contributed by atoms with van der Waals surface area (Å²) >= 11 is 0. The number of carbonyl (C=O) groups excluding carboxylic acids is 1. The molecule has 0 saturated heterocycles. The van der Waals surface area contributed by atoms with E-state index in [2.05, 4.69) is 10.6 Å². The van der Waals surface area contributed by atoms with Gasteiger partial charge in [0.25, 0.3) is 0 Å². The zero-order valence-electron chi connectivity index (χ0n) is 16.8. The first-order valence-electron chi connectivity index (χ1n) is 9.62. The average Bonchev–Trinajstić information content (AvgIpc) is 2.74. The Kier molecular flexibility index (Phi) is 7.11. The number of hydrogen-bond acceptors (Lipinski definition) is 4. The van der Waals surface area contributed by atoms with Gasteiger partial charge in [-0.05, 0) is 73.5 Å². The minimum Gasteiger partial charge on any atom is -0.490 e. The fraction of sp³-hybridized carbons (Fsp3) is 0.208. The molecule has 2 N–H and O–H groups in total. The molecule has 0 aliphatic rings. The molecular weight excluding hydrogens is 364 g/mol. The molecule has 0 saturated carbocycles. The number of para-hydroxylation sites is 1. The normalized spacial score (nSPS) is 10.3. The quantitative estimate of drug-likeness (QED) is 0.515. The van der Waals surface area contributed by atoms with Crippen LogP contribution in [0.1, 0.15) is 11.1 Å². The zero-order valence-corrected chi connectivity index (χ0v) is 16.8. The molecule has 0 fully saturated rings. The van der Waals surface area contributed by atoms with Gasteiger partial charge in [-0.25, -0.2) is 0 Å². The maximum Gasteiger partial charge on any atom is 0.243 e. The molecule has 3 aromatic carbocycles. The smallest absolute Gasteiger partial charge is 0.243 e. The van der Waals surface area contributed by atoms with E-state index < -0.39 is 0 Å². The number of hydrogen-bond donors (Lipinski definition) is 2. The van der Waals surface area contributed by atoms with E-state index in [4.69, 9.17) is 9.47 Å². The second kappa shape index (κ2) is 10.2. The van der Waals surface area contributed by atoms with Gasteiger partial charge in [0.2, 0.25) is 5.91 Å². The molecule has 5 nitrogen and oxygen atoms in total. The van der Waals surface area contributed by atoms with Crippen LogP contribution in [-0.2, 0) is 4.79 Å². The second-order valence-electron chi connectivity index (χ2n) is 6.74. The zero-order chi connectivity index (χ0) is 20.5. The number of nitrogens with one attached hydrogen (secondary N) is 2. The van der Waals surface area contributed by atoms with Gasteiger partial charge in [0.15, 0.2) is 0 Å². The van der Waals surface area contributed by atoms with Crippen molar-refractivity contribution < 1.29 is 14.3 Å². The molecule has 3 aromatic rings. The first-order valence-corrected chi connectivity index (χ1v) is 9.62. The number of aryl methyl sites for hydroxylation is 2. The molecule has 5 heteroatoms. The molecule has 0 atom stereocenters. The van der Waals surface area contributed by atoms with E-state index in [1.807, 2.05) is 86.6 Å². The number of ether oxygens (including phenoxy) is 2. The van der Waals surface area contributed by atoms with Crippen molar-refractivity contribution in [3.05, 3.63) is 83.9 Å². The fourth-order valence-corrected chi connectivity index (χ4v) is 2.71. The van der Waals surface area contributed by atoms with Gasteiger partial charge in [0.05, 0.1) is 6.54 Å². The molecule has 0 aliphatic heterocycles. The summed E-state index contributed by atoms with van der Waals surface area (Å²) in [7, 11) is 0. The van der Waals surface area contributed by atoms with E-state index in [-0.39, 0.29) is 12.5 Å². The Morgan fingerprint density at radius 3 is 2.03 bits per heavy atom. The highest BCUT2D eigenvalue weighted by atomic mass is 16.5. The van der Waals surface area contributed by atoms with Crippen molar-refractivity contribution in [3.8, 4) is 11.5 Å². The van der Waals surface area contributed by atoms with Gasteiger partial charge in [0.1, 0.15) is 24.7 Å². The van der Waals surface area contributed by atoms with Crippen LogP contribution >= 0.6 is 0 Å². The van der Waals surface area contributed by atoms with Crippen LogP contribution in [0.15, 0.2) is 72.8 Å². The van der Waals surface area contributed by atoms with Gasteiger partial charge in [-0.1, -0.05) is 24.3 Å². The topological polar surface area (TPSA) is 59.6 Å². The molecule has 150 valence electrons. The van der Waals surface area contributed by atoms with Crippen LogP contribution in [0, 0.1) is 13.8 Å². The van der Waals surface area contributed by atoms with Crippen molar-refractivity contribution in [2.24, 2.45) is 0 Å². The maximum atomic E-state index is 12.1. The third-order valence-corrected chi connectivity index (χ3v) is 4.46. The van der Waals surface area contributed by atoms with E-state index in [0.29, 0.717) is 13.2 Å². The van der Waals surface area contributed by atoms with Crippen LogP contribution in [0.2, 0.25) is 0 Å². The average molecular weight is 390 g/mol. The lowest BCUT2D eigenvalue weighted by Gasteiger charge is -2.11. The molecule has 0 radical (unpaired) electrons. The molecule has 0 bridgehead atoms. The summed E-state index contributed by atoms with van der Waals surface area (Å²) in [6, 6.07) is 23.0. The first-order chi connectivity index (χ1) is 14.1. The molecule has 1 amide bonds. The lowest BCUT2D eigenvalue weighted by molar-refractivity contribution is -0.114. The molecule has 0 spiro atoms. The fourth-order valence-electron chi connectivity index (χ4n) is 2.71. The van der Waals surface area contributed by atoms with Gasteiger partial charge >= 0.3 is 0 Å². The Morgan fingerprint density at radius 2 is 1.38 bits per heavy atom. The van der Waals surface area contributed by atoms with Crippen molar-refractivity contribution in [3.63, 3.8) is 0 Å². The van der Waals surface area contributed by atoms with Gasteiger partial charge < -0.3 is 20.1 Å². The Hall–Kier alpha value is -3.47. The summed E-state index contributed by atoms with van der Waals surface area (Å²) in [6.45, 7) is 5.20. The minimum atomic E-state index is -0.0911. The lowest BCUT2D eigenvalue weighted by Crippen LogP contribution is -2.21. The number of anilines is 2. The summed E-state index contributed by atoms with van der Waals surface area (Å²) < 4.78 is 11.3. The van der Waals surface area contributed by atoms with Crippen LogP contribution in [0.25, 0.3) is 0 Å². The van der Waals surface area contributed by atoms with Gasteiger partial charge in [0, 0.05) is 11.4 Å². The van der Waals surface area contributed by atoms with Crippen LogP contribution in [0.3, 0.4) is 0 Å². The Labute approximate surface area is 171 Å². The van der Waals surface area contributed by atoms with Crippen molar-refractivity contribution in [2.75, 3.05) is 30.4 Å². The second-order valence-corrected chi connectivity index (χ2v) is 6.74. The molecule has 3 rings (SSSR count). The number of rotatable bonds is 9. The number of amides is 1. The van der Waals surface area contributed by atoms with Crippen LogP contribution in [-0.4, -0.2) is 25.7 Å². The predicted molar refractivity (Wildman–Crippen MR) is 117 cm³/mol. The number of carbonyl (C=O) groups is 1. The van der Waals surface area contributed by atoms with Crippen molar-refractivity contribution in [2.45, 2.75) is 13.8 Å².